The van der Waals surface area contributed by atoms with E-state index in [0.29, 0.717) is 25.9 Å². The van der Waals surface area contributed by atoms with Crippen molar-refractivity contribution < 1.29 is 13.2 Å². The predicted molar refractivity (Wildman–Crippen MR) is 114 cm³/mol. The number of hydrogen-bond acceptors (Lipinski definition) is 3. The van der Waals surface area contributed by atoms with Gasteiger partial charge in [0, 0.05) is 33.6 Å². The fourth-order valence-corrected chi connectivity index (χ4v) is 5.15. The standard InChI is InChI=1S/C19H20Br2N2O3S/c20-16-3-1-14(2-4-16)13-27(25,26)23-11-9-15(10-12-23)19(24)22-18-7-5-17(21)6-8-18/h1-8,15H,9-13H2,(H,22,24). The van der Waals surface area contributed by atoms with Crippen LogP contribution in [0.2, 0.25) is 0 Å². The number of benzene rings is 2. The van der Waals surface area contributed by atoms with Crippen LogP contribution in [0.3, 0.4) is 0 Å². The summed E-state index contributed by atoms with van der Waals surface area (Å²) in [5, 5.41) is 2.91. The Labute approximate surface area is 176 Å². The number of anilines is 1. The summed E-state index contributed by atoms with van der Waals surface area (Å²) in [5.74, 6) is -0.245. The minimum Gasteiger partial charge on any atom is -0.326 e. The lowest BCUT2D eigenvalue weighted by Gasteiger charge is -2.30. The highest BCUT2D eigenvalue weighted by Crippen LogP contribution is 2.24. The monoisotopic (exact) mass is 514 g/mol. The van der Waals surface area contributed by atoms with Gasteiger partial charge in [0.15, 0.2) is 0 Å². The average molecular weight is 516 g/mol. The second-order valence-corrected chi connectivity index (χ2v) is 10.4. The zero-order valence-corrected chi connectivity index (χ0v) is 18.6. The Kier molecular flexibility index (Phi) is 6.73. The van der Waals surface area contributed by atoms with E-state index in [1.54, 1.807) is 12.1 Å². The SMILES string of the molecule is O=C(Nc1ccc(Br)cc1)C1CCN(S(=O)(=O)Cc2ccc(Br)cc2)CC1. The Morgan fingerprint density at radius 1 is 0.963 bits per heavy atom. The number of hydrogen-bond donors (Lipinski definition) is 1. The molecular weight excluding hydrogens is 496 g/mol. The lowest BCUT2D eigenvalue weighted by atomic mass is 9.97. The van der Waals surface area contributed by atoms with Crippen molar-refractivity contribution in [2.75, 3.05) is 18.4 Å². The fourth-order valence-electron chi connectivity index (χ4n) is 3.06. The number of carbonyl (C=O) groups is 1. The number of rotatable bonds is 5. The van der Waals surface area contributed by atoms with Gasteiger partial charge in [0.1, 0.15) is 0 Å². The van der Waals surface area contributed by atoms with E-state index in [4.69, 9.17) is 0 Å². The van der Waals surface area contributed by atoms with Crippen LogP contribution in [0.15, 0.2) is 57.5 Å². The van der Waals surface area contributed by atoms with Crippen LogP contribution in [0.25, 0.3) is 0 Å². The minimum atomic E-state index is -3.38. The zero-order valence-electron chi connectivity index (χ0n) is 14.6. The molecule has 144 valence electrons. The number of sulfonamides is 1. The molecule has 0 unspecified atom stereocenters. The quantitative estimate of drug-likeness (QED) is 0.642. The van der Waals surface area contributed by atoms with Crippen LogP contribution in [0.1, 0.15) is 18.4 Å². The number of nitrogens with one attached hydrogen (secondary N) is 1. The van der Waals surface area contributed by atoms with Gasteiger partial charge in [-0.05, 0) is 54.8 Å². The fraction of sp³-hybridized carbons (Fsp3) is 0.316. The molecule has 3 rings (SSSR count). The highest BCUT2D eigenvalue weighted by Gasteiger charge is 2.31. The van der Waals surface area contributed by atoms with E-state index >= 15 is 0 Å². The molecule has 0 aromatic heterocycles. The van der Waals surface area contributed by atoms with Gasteiger partial charge in [0.2, 0.25) is 15.9 Å². The Hall–Kier alpha value is -1.22. The molecule has 1 N–H and O–H groups in total. The Morgan fingerprint density at radius 3 is 2.04 bits per heavy atom. The van der Waals surface area contributed by atoms with Gasteiger partial charge in [-0.3, -0.25) is 4.79 Å². The van der Waals surface area contributed by atoms with E-state index in [9.17, 15) is 13.2 Å². The van der Waals surface area contributed by atoms with E-state index in [2.05, 4.69) is 37.2 Å². The molecule has 1 aliphatic rings. The average Bonchev–Trinajstić information content (AvgIpc) is 2.65. The molecule has 1 aliphatic heterocycles. The molecule has 0 spiro atoms. The molecule has 1 heterocycles. The summed E-state index contributed by atoms with van der Waals surface area (Å²) in [5.41, 5.74) is 1.50. The van der Waals surface area contributed by atoms with Gasteiger partial charge in [0.25, 0.3) is 0 Å². The first-order chi connectivity index (χ1) is 12.8. The summed E-state index contributed by atoms with van der Waals surface area (Å²) in [6.07, 6.45) is 1.06. The first kappa shape index (κ1) is 20.5. The normalized spacial score (nSPS) is 16.2. The van der Waals surface area contributed by atoms with E-state index in [0.717, 1.165) is 20.2 Å². The highest BCUT2D eigenvalue weighted by atomic mass is 79.9. The lowest BCUT2D eigenvalue weighted by molar-refractivity contribution is -0.120. The van der Waals surface area contributed by atoms with Crippen molar-refractivity contribution in [2.45, 2.75) is 18.6 Å². The molecule has 2 aromatic rings. The molecule has 1 amide bonds. The summed E-state index contributed by atoms with van der Waals surface area (Å²) >= 11 is 6.71. The molecule has 2 aromatic carbocycles. The minimum absolute atomic E-state index is 0.0178. The topological polar surface area (TPSA) is 66.5 Å². The van der Waals surface area contributed by atoms with Gasteiger partial charge in [-0.25, -0.2) is 12.7 Å². The van der Waals surface area contributed by atoms with Gasteiger partial charge in [-0.15, -0.1) is 0 Å². The van der Waals surface area contributed by atoms with Gasteiger partial charge >= 0.3 is 0 Å². The largest absolute Gasteiger partial charge is 0.326 e. The van der Waals surface area contributed by atoms with Gasteiger partial charge in [-0.2, -0.15) is 0 Å². The Balaban J connectivity index is 1.55. The predicted octanol–water partition coefficient (Wildman–Crippen LogP) is 4.39. The number of nitrogens with zero attached hydrogens (tertiary/aromatic N) is 1. The van der Waals surface area contributed by atoms with E-state index in [-0.39, 0.29) is 17.6 Å². The van der Waals surface area contributed by atoms with Crippen LogP contribution in [-0.2, 0) is 20.6 Å². The van der Waals surface area contributed by atoms with Crippen molar-refractivity contribution in [3.05, 3.63) is 63.0 Å². The van der Waals surface area contributed by atoms with Crippen LogP contribution in [0.5, 0.6) is 0 Å². The molecule has 0 aliphatic carbocycles. The lowest BCUT2D eigenvalue weighted by Crippen LogP contribution is -2.41. The molecule has 8 heteroatoms. The summed E-state index contributed by atoms with van der Waals surface area (Å²) < 4.78 is 28.7. The molecule has 0 radical (unpaired) electrons. The third-order valence-electron chi connectivity index (χ3n) is 4.59. The summed E-state index contributed by atoms with van der Waals surface area (Å²) in [6.45, 7) is 0.745. The highest BCUT2D eigenvalue weighted by molar-refractivity contribution is 9.10. The third kappa shape index (κ3) is 5.63. The summed E-state index contributed by atoms with van der Waals surface area (Å²) in [7, 11) is -3.38. The Morgan fingerprint density at radius 2 is 1.48 bits per heavy atom. The van der Waals surface area contributed by atoms with E-state index in [1.807, 2.05) is 36.4 Å². The number of carbonyl (C=O) groups excluding carboxylic acids is 1. The van der Waals surface area contributed by atoms with Crippen LogP contribution in [0, 0.1) is 5.92 Å². The maximum Gasteiger partial charge on any atom is 0.227 e. The van der Waals surface area contributed by atoms with Crippen LogP contribution in [-0.4, -0.2) is 31.7 Å². The van der Waals surface area contributed by atoms with Gasteiger partial charge in [0.05, 0.1) is 5.75 Å². The molecule has 1 saturated heterocycles. The van der Waals surface area contributed by atoms with Crippen LogP contribution < -0.4 is 5.32 Å². The van der Waals surface area contributed by atoms with Crippen molar-refractivity contribution in [3.63, 3.8) is 0 Å². The van der Waals surface area contributed by atoms with Crippen LogP contribution >= 0.6 is 31.9 Å². The number of piperidine rings is 1. The van der Waals surface area contributed by atoms with Crippen molar-refractivity contribution in [1.29, 1.82) is 0 Å². The van der Waals surface area contributed by atoms with Crippen molar-refractivity contribution in [1.82, 2.24) is 4.31 Å². The summed E-state index contributed by atoms with van der Waals surface area (Å²) in [4.78, 5) is 12.4. The molecule has 1 fully saturated rings. The van der Waals surface area contributed by atoms with Crippen molar-refractivity contribution >= 4 is 53.5 Å². The van der Waals surface area contributed by atoms with Gasteiger partial charge in [-0.1, -0.05) is 44.0 Å². The Bertz CT molecular complexity index is 892. The second-order valence-electron chi connectivity index (χ2n) is 6.55. The summed E-state index contributed by atoms with van der Waals surface area (Å²) in [6, 6.07) is 14.7. The maximum absolute atomic E-state index is 12.6. The van der Waals surface area contributed by atoms with E-state index in [1.165, 1.54) is 4.31 Å². The first-order valence-corrected chi connectivity index (χ1v) is 11.8. The number of halogens is 2. The van der Waals surface area contributed by atoms with Crippen molar-refractivity contribution in [3.8, 4) is 0 Å². The zero-order chi connectivity index (χ0) is 19.4. The van der Waals surface area contributed by atoms with Crippen LogP contribution in [0.4, 0.5) is 5.69 Å². The molecule has 0 saturated carbocycles. The van der Waals surface area contributed by atoms with Crippen molar-refractivity contribution in [2.24, 2.45) is 5.92 Å². The second kappa shape index (κ2) is 8.86. The van der Waals surface area contributed by atoms with Gasteiger partial charge < -0.3 is 5.32 Å². The molecule has 27 heavy (non-hydrogen) atoms. The molecular formula is C19H20Br2N2O3S. The number of amides is 1. The maximum atomic E-state index is 12.6. The smallest absolute Gasteiger partial charge is 0.227 e. The third-order valence-corrected chi connectivity index (χ3v) is 7.50. The molecule has 5 nitrogen and oxygen atoms in total. The molecule has 0 atom stereocenters. The molecule has 0 bridgehead atoms. The van der Waals surface area contributed by atoms with E-state index < -0.39 is 10.0 Å². The first-order valence-electron chi connectivity index (χ1n) is 8.62.